The summed E-state index contributed by atoms with van der Waals surface area (Å²) in [6.45, 7) is 6.55. The van der Waals surface area contributed by atoms with Gasteiger partial charge in [-0.15, -0.1) is 0 Å². The molecular weight excluding hydrogens is 128 g/mol. The smallest absolute Gasteiger partial charge is 0.143 e. The van der Waals surface area contributed by atoms with Crippen molar-refractivity contribution in [3.63, 3.8) is 0 Å². The molecule has 58 valence electrons. The Morgan fingerprint density at radius 3 is 2.60 bits per heavy atom. The Kier molecular flexibility index (Phi) is 1.82. The van der Waals surface area contributed by atoms with Crippen LogP contribution in [0.1, 0.15) is 27.2 Å². The fourth-order valence-electron chi connectivity index (χ4n) is 1.20. The number of ketones is 1. The maximum atomic E-state index is 11.0. The number of Topliss-reactive ketones (excluding diaryl/α,β-unsaturated/α-hetero) is 1. The van der Waals surface area contributed by atoms with Crippen molar-refractivity contribution >= 4 is 5.78 Å². The first kappa shape index (κ1) is 7.73. The van der Waals surface area contributed by atoms with Gasteiger partial charge in [-0.25, -0.2) is 0 Å². The van der Waals surface area contributed by atoms with E-state index in [0.29, 0.717) is 18.8 Å². The molecule has 2 nitrogen and oxygen atoms in total. The lowest BCUT2D eigenvalue weighted by molar-refractivity contribution is -0.157. The Morgan fingerprint density at radius 1 is 1.70 bits per heavy atom. The first-order valence-electron chi connectivity index (χ1n) is 3.74. The fourth-order valence-corrected chi connectivity index (χ4v) is 1.20. The van der Waals surface area contributed by atoms with E-state index in [4.69, 9.17) is 4.74 Å². The number of carbonyl (C=O) groups excluding carboxylic acids is 1. The van der Waals surface area contributed by atoms with E-state index < -0.39 is 0 Å². The topological polar surface area (TPSA) is 26.3 Å². The quantitative estimate of drug-likeness (QED) is 0.582. The molecule has 0 radical (unpaired) electrons. The van der Waals surface area contributed by atoms with Crippen LogP contribution < -0.4 is 0 Å². The Labute approximate surface area is 61.6 Å². The number of ether oxygens (including phenoxy) is 1. The highest BCUT2D eigenvalue weighted by molar-refractivity contribution is 5.91. The van der Waals surface area contributed by atoms with Gasteiger partial charge in [-0.2, -0.15) is 0 Å². The van der Waals surface area contributed by atoms with Crippen molar-refractivity contribution < 1.29 is 9.53 Å². The van der Waals surface area contributed by atoms with Crippen LogP contribution in [0.3, 0.4) is 0 Å². The Morgan fingerprint density at radius 2 is 2.30 bits per heavy atom. The lowest BCUT2D eigenvalue weighted by Gasteiger charge is -2.41. The lowest BCUT2D eigenvalue weighted by Crippen LogP contribution is -2.51. The van der Waals surface area contributed by atoms with E-state index in [2.05, 4.69) is 0 Å². The summed E-state index contributed by atoms with van der Waals surface area (Å²) in [6, 6.07) is 0. The third kappa shape index (κ3) is 0.966. The molecule has 0 aromatic heterocycles. The maximum absolute atomic E-state index is 11.0. The summed E-state index contributed by atoms with van der Waals surface area (Å²) in [6.07, 6.45) is 0.783. The van der Waals surface area contributed by atoms with E-state index in [0.717, 1.165) is 0 Å². The van der Waals surface area contributed by atoms with Gasteiger partial charge in [0.1, 0.15) is 5.78 Å². The molecule has 1 saturated carbocycles. The van der Waals surface area contributed by atoms with Gasteiger partial charge in [-0.1, -0.05) is 13.8 Å². The second-order valence-electron chi connectivity index (χ2n) is 3.29. The lowest BCUT2D eigenvalue weighted by atomic mass is 9.68. The van der Waals surface area contributed by atoms with Crippen molar-refractivity contribution in [2.24, 2.45) is 5.41 Å². The van der Waals surface area contributed by atoms with Gasteiger partial charge in [0.25, 0.3) is 0 Å². The van der Waals surface area contributed by atoms with Crippen LogP contribution in [0.15, 0.2) is 0 Å². The summed E-state index contributed by atoms with van der Waals surface area (Å²) in [7, 11) is 0. The highest BCUT2D eigenvalue weighted by Gasteiger charge is 2.47. The minimum Gasteiger partial charge on any atom is -0.377 e. The second kappa shape index (κ2) is 2.35. The molecular formula is C8H14O2. The Balaban J connectivity index is 2.46. The van der Waals surface area contributed by atoms with Crippen LogP contribution in [0, 0.1) is 5.41 Å². The fraction of sp³-hybridized carbons (Fsp3) is 0.875. The van der Waals surface area contributed by atoms with E-state index in [1.54, 1.807) is 0 Å². The van der Waals surface area contributed by atoms with Gasteiger partial charge < -0.3 is 4.74 Å². The van der Waals surface area contributed by atoms with Gasteiger partial charge in [0, 0.05) is 13.0 Å². The van der Waals surface area contributed by atoms with Crippen LogP contribution in [0.4, 0.5) is 0 Å². The zero-order chi connectivity index (χ0) is 7.78. The van der Waals surface area contributed by atoms with Crippen LogP contribution in [-0.4, -0.2) is 18.5 Å². The third-order valence-electron chi connectivity index (χ3n) is 2.26. The van der Waals surface area contributed by atoms with Crippen molar-refractivity contribution in [2.75, 3.05) is 6.61 Å². The summed E-state index contributed by atoms with van der Waals surface area (Å²) < 4.78 is 5.34. The molecule has 0 aliphatic heterocycles. The van der Waals surface area contributed by atoms with E-state index in [-0.39, 0.29) is 11.5 Å². The molecule has 10 heavy (non-hydrogen) atoms. The molecule has 1 fully saturated rings. The molecule has 0 amide bonds. The average Bonchev–Trinajstić information content (AvgIpc) is 1.88. The minimum atomic E-state index is -0.212. The summed E-state index contributed by atoms with van der Waals surface area (Å²) in [5.74, 6) is 0.325. The average molecular weight is 142 g/mol. The first-order chi connectivity index (χ1) is 4.59. The van der Waals surface area contributed by atoms with Crippen molar-refractivity contribution in [1.29, 1.82) is 0 Å². The van der Waals surface area contributed by atoms with Gasteiger partial charge in [-0.05, 0) is 6.92 Å². The molecule has 0 bridgehead atoms. The molecule has 0 N–H and O–H groups in total. The van der Waals surface area contributed by atoms with E-state index >= 15 is 0 Å². The zero-order valence-corrected chi connectivity index (χ0v) is 6.81. The SMILES string of the molecule is CCO[C@H]1CC(=O)C1(C)C. The molecule has 2 heteroatoms. The number of carbonyl (C=O) groups is 1. The molecule has 1 aliphatic carbocycles. The van der Waals surface area contributed by atoms with Gasteiger partial charge >= 0.3 is 0 Å². The summed E-state index contributed by atoms with van der Waals surface area (Å²) in [5.41, 5.74) is -0.212. The first-order valence-corrected chi connectivity index (χ1v) is 3.74. The second-order valence-corrected chi connectivity index (χ2v) is 3.29. The van der Waals surface area contributed by atoms with Crippen LogP contribution in [0.25, 0.3) is 0 Å². The Bertz CT molecular complexity index is 149. The monoisotopic (exact) mass is 142 g/mol. The maximum Gasteiger partial charge on any atom is 0.143 e. The highest BCUT2D eigenvalue weighted by Crippen LogP contribution is 2.38. The number of hydrogen-bond donors (Lipinski definition) is 0. The highest BCUT2D eigenvalue weighted by atomic mass is 16.5. The van der Waals surface area contributed by atoms with Crippen LogP contribution in [-0.2, 0) is 9.53 Å². The molecule has 1 atom stereocenters. The van der Waals surface area contributed by atoms with Gasteiger partial charge in [0.15, 0.2) is 0 Å². The van der Waals surface area contributed by atoms with Crippen molar-refractivity contribution in [1.82, 2.24) is 0 Å². The van der Waals surface area contributed by atoms with E-state index in [9.17, 15) is 4.79 Å². The molecule has 0 unspecified atom stereocenters. The third-order valence-corrected chi connectivity index (χ3v) is 2.26. The standard InChI is InChI=1S/C8H14O2/c1-4-10-7-5-6(9)8(7,2)3/h7H,4-5H2,1-3H3/t7-/m0/s1. The minimum absolute atomic E-state index is 0.171. The zero-order valence-electron chi connectivity index (χ0n) is 6.81. The predicted octanol–water partition coefficient (Wildman–Crippen LogP) is 1.39. The van der Waals surface area contributed by atoms with Crippen LogP contribution in [0.5, 0.6) is 0 Å². The molecule has 0 heterocycles. The van der Waals surface area contributed by atoms with E-state index in [1.165, 1.54) is 0 Å². The number of hydrogen-bond acceptors (Lipinski definition) is 2. The normalized spacial score (nSPS) is 29.9. The van der Waals surface area contributed by atoms with Crippen molar-refractivity contribution in [3.8, 4) is 0 Å². The molecule has 0 saturated heterocycles. The van der Waals surface area contributed by atoms with Gasteiger partial charge in [-0.3, -0.25) is 4.79 Å². The largest absolute Gasteiger partial charge is 0.377 e. The molecule has 0 aromatic carbocycles. The van der Waals surface area contributed by atoms with E-state index in [1.807, 2.05) is 20.8 Å². The molecule has 0 spiro atoms. The van der Waals surface area contributed by atoms with Gasteiger partial charge in [0.05, 0.1) is 11.5 Å². The van der Waals surface area contributed by atoms with Crippen molar-refractivity contribution in [2.45, 2.75) is 33.3 Å². The summed E-state index contributed by atoms with van der Waals surface area (Å²) in [4.78, 5) is 11.0. The summed E-state index contributed by atoms with van der Waals surface area (Å²) >= 11 is 0. The predicted molar refractivity (Wildman–Crippen MR) is 38.8 cm³/mol. The van der Waals surface area contributed by atoms with Crippen LogP contribution in [0.2, 0.25) is 0 Å². The van der Waals surface area contributed by atoms with Crippen LogP contribution >= 0.6 is 0 Å². The Hall–Kier alpha value is -0.370. The summed E-state index contributed by atoms with van der Waals surface area (Å²) in [5, 5.41) is 0. The number of rotatable bonds is 2. The van der Waals surface area contributed by atoms with Crippen molar-refractivity contribution in [3.05, 3.63) is 0 Å². The molecule has 1 aliphatic rings. The van der Waals surface area contributed by atoms with Gasteiger partial charge in [0.2, 0.25) is 0 Å². The molecule has 0 aromatic rings. The molecule has 1 rings (SSSR count).